The molecule has 0 N–H and O–H groups in total. The monoisotopic (exact) mass is 422 g/mol. The molecule has 0 atom stereocenters. The van der Waals surface area contributed by atoms with E-state index in [1.54, 1.807) is 54.6 Å². The second-order valence-corrected chi connectivity index (χ2v) is 6.61. The number of hydrogen-bond acceptors (Lipinski definition) is 5. The Balaban J connectivity index is 1.67. The van der Waals surface area contributed by atoms with E-state index in [9.17, 15) is 9.59 Å². The van der Waals surface area contributed by atoms with Crippen LogP contribution in [0.2, 0.25) is 5.02 Å². The van der Waals surface area contributed by atoms with Crippen molar-refractivity contribution in [1.82, 2.24) is 0 Å². The number of allylic oxidation sites excluding steroid dienone is 1. The van der Waals surface area contributed by atoms with Crippen LogP contribution in [0.15, 0.2) is 72.8 Å². The molecule has 0 aliphatic rings. The van der Waals surface area contributed by atoms with Crippen molar-refractivity contribution in [1.29, 1.82) is 0 Å². The van der Waals surface area contributed by atoms with Crippen LogP contribution in [0.5, 0.6) is 17.2 Å². The van der Waals surface area contributed by atoms with Gasteiger partial charge in [0.1, 0.15) is 5.75 Å². The Hall–Kier alpha value is -3.57. The minimum Gasteiger partial charge on any atom is -0.493 e. The standard InChI is InChI=1S/C24H19ClO5/c1-28-22-14-10-18(15-23(22)29-2)24(27)30-19-11-7-17(8-12-19)21(26)13-9-16-5-3-4-6-20(16)25/h3-15H,1-2H3. The Kier molecular flexibility index (Phi) is 6.88. The summed E-state index contributed by atoms with van der Waals surface area (Å²) < 4.78 is 15.7. The molecule has 0 heterocycles. The molecular weight excluding hydrogens is 404 g/mol. The van der Waals surface area contributed by atoms with E-state index in [1.165, 1.54) is 20.3 Å². The van der Waals surface area contributed by atoms with Gasteiger partial charge in [0.25, 0.3) is 0 Å². The maximum absolute atomic E-state index is 12.4. The number of rotatable bonds is 7. The Morgan fingerprint density at radius 1 is 0.833 bits per heavy atom. The lowest BCUT2D eigenvalue weighted by Crippen LogP contribution is -2.09. The van der Waals surface area contributed by atoms with E-state index in [2.05, 4.69) is 0 Å². The molecule has 3 aromatic carbocycles. The SMILES string of the molecule is COc1ccc(C(=O)Oc2ccc(C(=O)C=Cc3ccccc3Cl)cc2)cc1OC. The molecule has 0 radical (unpaired) electrons. The zero-order chi connectivity index (χ0) is 21.5. The third-order valence-electron chi connectivity index (χ3n) is 4.29. The fourth-order valence-electron chi connectivity index (χ4n) is 2.69. The molecule has 0 amide bonds. The average molecular weight is 423 g/mol. The quantitative estimate of drug-likeness (QED) is 0.218. The van der Waals surface area contributed by atoms with Gasteiger partial charge in [0, 0.05) is 10.6 Å². The summed E-state index contributed by atoms with van der Waals surface area (Å²) in [4.78, 5) is 24.7. The smallest absolute Gasteiger partial charge is 0.343 e. The van der Waals surface area contributed by atoms with Gasteiger partial charge in [-0.1, -0.05) is 29.8 Å². The van der Waals surface area contributed by atoms with Gasteiger partial charge in [-0.25, -0.2) is 4.79 Å². The van der Waals surface area contributed by atoms with E-state index in [0.29, 0.717) is 33.4 Å². The molecular formula is C24H19ClO5. The number of benzene rings is 3. The molecule has 0 fully saturated rings. The van der Waals surface area contributed by atoms with Crippen molar-refractivity contribution in [3.63, 3.8) is 0 Å². The predicted molar refractivity (Wildman–Crippen MR) is 116 cm³/mol. The lowest BCUT2D eigenvalue weighted by atomic mass is 10.1. The Morgan fingerprint density at radius 2 is 1.50 bits per heavy atom. The first kappa shape index (κ1) is 21.1. The van der Waals surface area contributed by atoms with Crippen LogP contribution in [0.3, 0.4) is 0 Å². The molecule has 0 bridgehead atoms. The van der Waals surface area contributed by atoms with Crippen LogP contribution in [-0.2, 0) is 0 Å². The zero-order valence-electron chi connectivity index (χ0n) is 16.4. The van der Waals surface area contributed by atoms with Crippen molar-refractivity contribution >= 4 is 29.4 Å². The van der Waals surface area contributed by atoms with Crippen LogP contribution in [-0.4, -0.2) is 26.0 Å². The van der Waals surface area contributed by atoms with Crippen LogP contribution in [0.25, 0.3) is 6.08 Å². The molecule has 5 nitrogen and oxygen atoms in total. The summed E-state index contributed by atoms with van der Waals surface area (Å²) in [7, 11) is 3.01. The summed E-state index contributed by atoms with van der Waals surface area (Å²) in [6.45, 7) is 0. The van der Waals surface area contributed by atoms with Crippen molar-refractivity contribution < 1.29 is 23.8 Å². The highest BCUT2D eigenvalue weighted by Crippen LogP contribution is 2.28. The largest absolute Gasteiger partial charge is 0.493 e. The van der Waals surface area contributed by atoms with Gasteiger partial charge < -0.3 is 14.2 Å². The van der Waals surface area contributed by atoms with E-state index in [0.717, 1.165) is 5.56 Å². The highest BCUT2D eigenvalue weighted by molar-refractivity contribution is 6.32. The molecule has 0 aliphatic carbocycles. The fraction of sp³-hybridized carbons (Fsp3) is 0.0833. The van der Waals surface area contributed by atoms with E-state index in [1.807, 2.05) is 18.2 Å². The third kappa shape index (κ3) is 5.07. The minimum atomic E-state index is -0.548. The average Bonchev–Trinajstić information content (AvgIpc) is 2.78. The Morgan fingerprint density at radius 3 is 2.17 bits per heavy atom. The number of esters is 1. The van der Waals surface area contributed by atoms with E-state index in [-0.39, 0.29) is 5.78 Å². The van der Waals surface area contributed by atoms with Gasteiger partial charge in [0.15, 0.2) is 17.3 Å². The number of carbonyl (C=O) groups excluding carboxylic acids is 2. The van der Waals surface area contributed by atoms with Crippen molar-refractivity contribution in [3.8, 4) is 17.2 Å². The molecule has 3 aromatic rings. The van der Waals surface area contributed by atoms with Crippen LogP contribution >= 0.6 is 11.6 Å². The Bertz CT molecular complexity index is 1090. The molecule has 0 spiro atoms. The molecule has 0 aromatic heterocycles. The number of ether oxygens (including phenoxy) is 3. The van der Waals surface area contributed by atoms with Gasteiger partial charge in [-0.2, -0.15) is 0 Å². The summed E-state index contributed by atoms with van der Waals surface area (Å²) >= 11 is 6.08. The van der Waals surface area contributed by atoms with Gasteiger partial charge in [-0.15, -0.1) is 0 Å². The van der Waals surface area contributed by atoms with Gasteiger partial charge in [0.2, 0.25) is 0 Å². The van der Waals surface area contributed by atoms with Crippen LogP contribution in [0.1, 0.15) is 26.3 Å². The van der Waals surface area contributed by atoms with Crippen LogP contribution in [0.4, 0.5) is 0 Å². The second kappa shape index (κ2) is 9.76. The summed E-state index contributed by atoms with van der Waals surface area (Å²) in [5.41, 5.74) is 1.53. The topological polar surface area (TPSA) is 61.8 Å². The lowest BCUT2D eigenvalue weighted by molar-refractivity contribution is 0.0734. The van der Waals surface area contributed by atoms with Gasteiger partial charge in [0.05, 0.1) is 19.8 Å². The summed E-state index contributed by atoms with van der Waals surface area (Å²) in [6.07, 6.45) is 3.11. The van der Waals surface area contributed by atoms with Crippen LogP contribution in [0, 0.1) is 0 Å². The zero-order valence-corrected chi connectivity index (χ0v) is 17.2. The highest BCUT2D eigenvalue weighted by atomic mass is 35.5. The van der Waals surface area contributed by atoms with Gasteiger partial charge in [-0.05, 0) is 66.2 Å². The van der Waals surface area contributed by atoms with Crippen molar-refractivity contribution in [3.05, 3.63) is 94.5 Å². The lowest BCUT2D eigenvalue weighted by Gasteiger charge is -2.09. The summed E-state index contributed by atoms with van der Waals surface area (Å²) in [5.74, 6) is 0.530. The molecule has 3 rings (SSSR count). The maximum atomic E-state index is 12.4. The van der Waals surface area contributed by atoms with Gasteiger partial charge >= 0.3 is 5.97 Å². The molecule has 0 unspecified atom stereocenters. The molecule has 6 heteroatoms. The first-order chi connectivity index (χ1) is 14.5. The molecule has 0 saturated heterocycles. The van der Waals surface area contributed by atoms with Gasteiger partial charge in [-0.3, -0.25) is 4.79 Å². The van der Waals surface area contributed by atoms with Crippen molar-refractivity contribution in [2.24, 2.45) is 0 Å². The highest BCUT2D eigenvalue weighted by Gasteiger charge is 2.13. The summed E-state index contributed by atoms with van der Waals surface area (Å²) in [6, 6.07) is 18.3. The fourth-order valence-corrected chi connectivity index (χ4v) is 2.89. The van der Waals surface area contributed by atoms with E-state index < -0.39 is 5.97 Å². The van der Waals surface area contributed by atoms with E-state index in [4.69, 9.17) is 25.8 Å². The third-order valence-corrected chi connectivity index (χ3v) is 4.63. The van der Waals surface area contributed by atoms with Crippen molar-refractivity contribution in [2.75, 3.05) is 14.2 Å². The maximum Gasteiger partial charge on any atom is 0.343 e. The minimum absolute atomic E-state index is 0.187. The number of carbonyl (C=O) groups is 2. The first-order valence-corrected chi connectivity index (χ1v) is 9.41. The number of methoxy groups -OCH3 is 2. The normalized spacial score (nSPS) is 10.6. The Labute approximate surface area is 179 Å². The first-order valence-electron chi connectivity index (χ1n) is 9.03. The van der Waals surface area contributed by atoms with Crippen LogP contribution < -0.4 is 14.2 Å². The number of hydrogen-bond donors (Lipinski definition) is 0. The second-order valence-electron chi connectivity index (χ2n) is 6.20. The van der Waals surface area contributed by atoms with E-state index >= 15 is 0 Å². The molecule has 152 valence electrons. The predicted octanol–water partition coefficient (Wildman–Crippen LogP) is 5.47. The number of ketones is 1. The molecule has 30 heavy (non-hydrogen) atoms. The van der Waals surface area contributed by atoms with Crippen molar-refractivity contribution in [2.45, 2.75) is 0 Å². The summed E-state index contributed by atoms with van der Waals surface area (Å²) in [5, 5.41) is 0.568. The molecule has 0 aliphatic heterocycles. The number of halogens is 1. The molecule has 0 saturated carbocycles.